The molecular formula is C20H14F6N2O2. The van der Waals surface area contributed by atoms with E-state index >= 15 is 0 Å². The molecule has 0 aliphatic rings. The van der Waals surface area contributed by atoms with Crippen molar-refractivity contribution in [2.45, 2.75) is 26.4 Å². The quantitative estimate of drug-likeness (QED) is 0.491. The minimum atomic E-state index is -4.92. The van der Waals surface area contributed by atoms with Gasteiger partial charge in [-0.3, -0.25) is 4.79 Å². The Morgan fingerprint density at radius 2 is 1.73 bits per heavy atom. The first-order valence-corrected chi connectivity index (χ1v) is 8.54. The largest absolute Gasteiger partial charge is 0.573 e. The van der Waals surface area contributed by atoms with Crippen molar-refractivity contribution < 1.29 is 31.1 Å². The zero-order valence-electron chi connectivity index (χ0n) is 15.6. The Balaban J connectivity index is 2.33. The molecule has 0 saturated carbocycles. The van der Waals surface area contributed by atoms with Gasteiger partial charge in [-0.2, -0.15) is 18.3 Å². The summed E-state index contributed by atoms with van der Waals surface area (Å²) in [6.07, 6.45) is -8.07. The van der Waals surface area contributed by atoms with E-state index in [0.717, 1.165) is 28.9 Å². The lowest BCUT2D eigenvalue weighted by molar-refractivity contribution is -0.274. The number of rotatable bonds is 3. The summed E-state index contributed by atoms with van der Waals surface area (Å²) < 4.78 is 81.9. The van der Waals surface area contributed by atoms with Gasteiger partial charge in [-0.05, 0) is 38.1 Å². The molecule has 1 aromatic heterocycles. The van der Waals surface area contributed by atoms with E-state index in [1.807, 2.05) is 0 Å². The normalized spacial score (nSPS) is 13.0. The zero-order chi connectivity index (χ0) is 22.3. The lowest BCUT2D eigenvalue weighted by atomic mass is 10.0. The topological polar surface area (TPSA) is 44.1 Å². The summed E-state index contributed by atoms with van der Waals surface area (Å²) in [7, 11) is 0. The maximum atomic E-state index is 13.1. The second kappa shape index (κ2) is 7.51. The van der Waals surface area contributed by atoms with Crippen molar-refractivity contribution in [1.82, 2.24) is 9.78 Å². The van der Waals surface area contributed by atoms with E-state index in [2.05, 4.69) is 9.84 Å². The van der Waals surface area contributed by atoms with E-state index in [-0.39, 0.29) is 22.0 Å². The average molecular weight is 428 g/mol. The van der Waals surface area contributed by atoms with Crippen LogP contribution in [-0.4, -0.2) is 16.1 Å². The molecule has 30 heavy (non-hydrogen) atoms. The van der Waals surface area contributed by atoms with Gasteiger partial charge in [-0.15, -0.1) is 13.2 Å². The number of fused-ring (bicyclic) bond motifs is 1. The molecule has 0 radical (unpaired) electrons. The summed E-state index contributed by atoms with van der Waals surface area (Å²) in [4.78, 5) is 12.8. The van der Waals surface area contributed by atoms with Crippen molar-refractivity contribution >= 4 is 16.5 Å². The number of halogens is 6. The highest BCUT2D eigenvalue weighted by Gasteiger charge is 2.32. The van der Waals surface area contributed by atoms with Gasteiger partial charge >= 0.3 is 12.5 Å². The van der Waals surface area contributed by atoms with Crippen molar-refractivity contribution in [2.24, 2.45) is 0 Å². The molecule has 158 valence electrons. The van der Waals surface area contributed by atoms with Gasteiger partial charge in [0.1, 0.15) is 5.75 Å². The SMILES string of the molecule is C/C=C(\C)n1nc(-c2cccc(OC(F)(F)F)c2)c2ccc(C(F)(F)F)cc2c1=O. The van der Waals surface area contributed by atoms with E-state index < -0.39 is 29.4 Å². The Morgan fingerprint density at radius 3 is 2.33 bits per heavy atom. The van der Waals surface area contributed by atoms with E-state index in [1.165, 1.54) is 25.1 Å². The summed E-state index contributed by atoms with van der Waals surface area (Å²) in [5.41, 5.74) is -1.30. The van der Waals surface area contributed by atoms with Gasteiger partial charge < -0.3 is 4.74 Å². The standard InChI is InChI=1S/C20H14F6N2O2/c1-3-11(2)28-18(29)16-10-13(19(21,22)23)7-8-15(16)17(27-28)12-5-4-6-14(9-12)30-20(24,25)26/h3-10H,1-2H3/b11-3+. The molecule has 0 unspecified atom stereocenters. The fourth-order valence-corrected chi connectivity index (χ4v) is 2.83. The number of aromatic nitrogens is 2. The molecule has 2 aromatic carbocycles. The summed E-state index contributed by atoms with van der Waals surface area (Å²) in [6, 6.07) is 7.40. The highest BCUT2D eigenvalue weighted by atomic mass is 19.4. The number of hydrogen-bond donors (Lipinski definition) is 0. The first-order valence-electron chi connectivity index (χ1n) is 8.54. The number of hydrogen-bond acceptors (Lipinski definition) is 3. The Bertz CT molecular complexity index is 1190. The smallest absolute Gasteiger partial charge is 0.406 e. The second-order valence-electron chi connectivity index (χ2n) is 6.33. The molecule has 0 aliphatic heterocycles. The van der Waals surface area contributed by atoms with Crippen LogP contribution in [0.25, 0.3) is 27.7 Å². The van der Waals surface area contributed by atoms with Gasteiger partial charge in [0, 0.05) is 16.6 Å². The predicted molar refractivity (Wildman–Crippen MR) is 98.7 cm³/mol. The summed E-state index contributed by atoms with van der Waals surface area (Å²) in [5, 5.41) is 3.99. The number of nitrogens with zero attached hydrogens (tertiary/aromatic N) is 2. The van der Waals surface area contributed by atoms with Gasteiger partial charge in [0.15, 0.2) is 0 Å². The van der Waals surface area contributed by atoms with Crippen LogP contribution in [0.15, 0.2) is 53.3 Å². The molecule has 0 amide bonds. The van der Waals surface area contributed by atoms with E-state index in [4.69, 9.17) is 0 Å². The summed E-state index contributed by atoms with van der Waals surface area (Å²) in [5.74, 6) is -0.526. The highest BCUT2D eigenvalue weighted by molar-refractivity contribution is 5.94. The summed E-state index contributed by atoms with van der Waals surface area (Å²) >= 11 is 0. The van der Waals surface area contributed by atoms with Crippen LogP contribution in [0.1, 0.15) is 19.4 Å². The lowest BCUT2D eigenvalue weighted by Crippen LogP contribution is -2.23. The third kappa shape index (κ3) is 4.32. The van der Waals surface area contributed by atoms with Gasteiger partial charge in [-0.25, -0.2) is 4.68 Å². The molecular weight excluding hydrogens is 414 g/mol. The molecule has 0 saturated heterocycles. The van der Waals surface area contributed by atoms with E-state index in [1.54, 1.807) is 6.92 Å². The molecule has 0 fully saturated rings. The van der Waals surface area contributed by atoms with Crippen LogP contribution in [0.2, 0.25) is 0 Å². The Hall–Kier alpha value is -3.30. The lowest BCUT2D eigenvalue weighted by Gasteiger charge is -2.14. The van der Waals surface area contributed by atoms with Crippen molar-refractivity contribution in [3.63, 3.8) is 0 Å². The second-order valence-corrected chi connectivity index (χ2v) is 6.33. The Labute approximate surface area is 166 Å². The van der Waals surface area contributed by atoms with Crippen molar-refractivity contribution in [1.29, 1.82) is 0 Å². The molecule has 4 nitrogen and oxygen atoms in total. The van der Waals surface area contributed by atoms with Gasteiger partial charge in [0.25, 0.3) is 5.56 Å². The van der Waals surface area contributed by atoms with Crippen LogP contribution >= 0.6 is 0 Å². The third-order valence-electron chi connectivity index (χ3n) is 4.32. The minimum absolute atomic E-state index is 0.0344. The van der Waals surface area contributed by atoms with Gasteiger partial charge in [0.05, 0.1) is 16.6 Å². The predicted octanol–water partition coefficient (Wildman–Crippen LogP) is 5.86. The number of ether oxygens (including phenoxy) is 1. The van der Waals surface area contributed by atoms with Crippen LogP contribution in [0.4, 0.5) is 26.3 Å². The monoisotopic (exact) mass is 428 g/mol. The molecule has 3 rings (SSSR count). The van der Waals surface area contributed by atoms with Gasteiger partial charge in [-0.1, -0.05) is 24.3 Å². The average Bonchev–Trinajstić information content (AvgIpc) is 2.65. The molecule has 1 heterocycles. The fraction of sp³-hybridized carbons (Fsp3) is 0.200. The van der Waals surface area contributed by atoms with Crippen LogP contribution in [0, 0.1) is 0 Å². The number of alkyl halides is 6. The molecule has 0 spiro atoms. The first kappa shape index (κ1) is 21.4. The van der Waals surface area contributed by atoms with E-state index in [0.29, 0.717) is 11.8 Å². The maximum absolute atomic E-state index is 13.1. The Kier molecular flexibility index (Phi) is 5.36. The minimum Gasteiger partial charge on any atom is -0.406 e. The van der Waals surface area contributed by atoms with E-state index in [9.17, 15) is 31.1 Å². The summed E-state index contributed by atoms with van der Waals surface area (Å²) in [6.45, 7) is 3.14. The van der Waals surface area contributed by atoms with Crippen molar-refractivity contribution in [2.75, 3.05) is 0 Å². The number of benzene rings is 2. The molecule has 0 aliphatic carbocycles. The first-order chi connectivity index (χ1) is 13.9. The van der Waals surface area contributed by atoms with Gasteiger partial charge in [0.2, 0.25) is 0 Å². The van der Waals surface area contributed by atoms with Crippen LogP contribution in [0.3, 0.4) is 0 Å². The molecule has 0 bridgehead atoms. The van der Waals surface area contributed by atoms with Crippen LogP contribution in [0.5, 0.6) is 5.75 Å². The van der Waals surface area contributed by atoms with Crippen molar-refractivity contribution in [3.05, 3.63) is 64.5 Å². The molecule has 10 heteroatoms. The molecule has 0 N–H and O–H groups in total. The Morgan fingerprint density at radius 1 is 1.03 bits per heavy atom. The molecule has 0 atom stereocenters. The third-order valence-corrected chi connectivity index (χ3v) is 4.32. The fourth-order valence-electron chi connectivity index (χ4n) is 2.83. The van der Waals surface area contributed by atoms with Crippen molar-refractivity contribution in [3.8, 4) is 17.0 Å². The van der Waals surface area contributed by atoms with Crippen LogP contribution in [-0.2, 0) is 6.18 Å². The highest BCUT2D eigenvalue weighted by Crippen LogP contribution is 2.34. The van der Waals surface area contributed by atoms with Crippen LogP contribution < -0.4 is 10.3 Å². The zero-order valence-corrected chi connectivity index (χ0v) is 15.6. The molecule has 3 aromatic rings. The maximum Gasteiger partial charge on any atom is 0.573 e. The number of allylic oxidation sites excluding steroid dienone is 2.